The van der Waals surface area contributed by atoms with Crippen LogP contribution < -0.4 is 11.1 Å². The number of carbonyl (C=O) groups excluding carboxylic acids is 1. The largest absolute Gasteiger partial charge is 0.347 e. The normalized spacial score (nSPS) is 12.3. The number of hydrogen-bond donors (Lipinski definition) is 2. The second kappa shape index (κ2) is 4.86. The van der Waals surface area contributed by atoms with Gasteiger partial charge in [0, 0.05) is 4.88 Å². The number of nitrogens with two attached hydrogens (primary N) is 1. The Labute approximate surface area is 95.5 Å². The molecule has 1 amide bonds. The molecule has 0 bridgehead atoms. The molecule has 2 heterocycles. The predicted octanol–water partition coefficient (Wildman–Crippen LogP) is 0.447. The van der Waals surface area contributed by atoms with E-state index < -0.39 is 6.04 Å². The molecule has 6 nitrogen and oxygen atoms in total. The Morgan fingerprint density at radius 3 is 3.19 bits per heavy atom. The van der Waals surface area contributed by atoms with Gasteiger partial charge >= 0.3 is 0 Å². The lowest BCUT2D eigenvalue weighted by Crippen LogP contribution is -2.33. The van der Waals surface area contributed by atoms with E-state index in [1.165, 1.54) is 17.7 Å². The summed E-state index contributed by atoms with van der Waals surface area (Å²) in [7, 11) is 0. The summed E-state index contributed by atoms with van der Waals surface area (Å²) in [5.74, 6) is 0.166. The van der Waals surface area contributed by atoms with Gasteiger partial charge in [0.25, 0.3) is 0 Å². The first-order chi connectivity index (χ1) is 7.77. The lowest BCUT2D eigenvalue weighted by molar-refractivity contribution is -0.122. The SMILES string of the molecule is NC(C(=O)NCc1ncon1)c1cccs1. The van der Waals surface area contributed by atoms with Gasteiger partial charge in [-0.05, 0) is 11.4 Å². The van der Waals surface area contributed by atoms with Crippen molar-refractivity contribution in [1.82, 2.24) is 15.5 Å². The molecule has 0 aromatic carbocycles. The fraction of sp³-hybridized carbons (Fsp3) is 0.222. The summed E-state index contributed by atoms with van der Waals surface area (Å²) in [6, 6.07) is 3.03. The minimum absolute atomic E-state index is 0.217. The smallest absolute Gasteiger partial charge is 0.242 e. The van der Waals surface area contributed by atoms with Gasteiger partial charge in [-0.25, -0.2) is 0 Å². The molecule has 2 rings (SSSR count). The first kappa shape index (κ1) is 10.8. The number of thiophene rings is 1. The number of hydrogen-bond acceptors (Lipinski definition) is 6. The zero-order valence-electron chi connectivity index (χ0n) is 8.29. The summed E-state index contributed by atoms with van der Waals surface area (Å²) in [5, 5.41) is 8.08. The van der Waals surface area contributed by atoms with Crippen LogP contribution in [0, 0.1) is 0 Å². The second-order valence-electron chi connectivity index (χ2n) is 3.06. The molecule has 0 fully saturated rings. The zero-order chi connectivity index (χ0) is 11.4. The highest BCUT2D eigenvalue weighted by atomic mass is 32.1. The number of amides is 1. The van der Waals surface area contributed by atoms with E-state index in [-0.39, 0.29) is 12.5 Å². The fourth-order valence-corrected chi connectivity index (χ4v) is 1.87. The zero-order valence-corrected chi connectivity index (χ0v) is 9.11. The molecule has 0 aliphatic carbocycles. The summed E-state index contributed by atoms with van der Waals surface area (Å²) in [6.07, 6.45) is 1.21. The highest BCUT2D eigenvalue weighted by Crippen LogP contribution is 2.16. The molecule has 7 heteroatoms. The maximum atomic E-state index is 11.6. The Bertz CT molecular complexity index is 440. The summed E-state index contributed by atoms with van der Waals surface area (Å²) in [5.41, 5.74) is 5.76. The maximum Gasteiger partial charge on any atom is 0.242 e. The van der Waals surface area contributed by atoms with Crippen molar-refractivity contribution in [1.29, 1.82) is 0 Å². The molecule has 2 aromatic rings. The molecular formula is C9H10N4O2S. The quantitative estimate of drug-likeness (QED) is 0.806. The average Bonchev–Trinajstić information content (AvgIpc) is 2.96. The van der Waals surface area contributed by atoms with Gasteiger partial charge in [0.05, 0.1) is 6.54 Å². The van der Waals surface area contributed by atoms with Crippen LogP contribution in [0.15, 0.2) is 28.4 Å². The molecule has 1 atom stereocenters. The molecule has 1 unspecified atom stereocenters. The fourth-order valence-electron chi connectivity index (χ4n) is 1.14. The summed E-state index contributed by atoms with van der Waals surface area (Å²) >= 11 is 1.45. The molecule has 84 valence electrons. The Kier molecular flexibility index (Phi) is 3.28. The van der Waals surface area contributed by atoms with E-state index in [0.29, 0.717) is 5.82 Å². The Hall–Kier alpha value is -1.73. The maximum absolute atomic E-state index is 11.6. The monoisotopic (exact) mass is 238 g/mol. The third-order valence-corrected chi connectivity index (χ3v) is 2.92. The molecule has 0 aliphatic heterocycles. The van der Waals surface area contributed by atoms with E-state index in [1.54, 1.807) is 0 Å². The van der Waals surface area contributed by atoms with Crippen molar-refractivity contribution in [2.24, 2.45) is 5.73 Å². The molecule has 3 N–H and O–H groups in total. The Morgan fingerprint density at radius 2 is 2.56 bits per heavy atom. The molecule has 0 spiro atoms. The lowest BCUT2D eigenvalue weighted by Gasteiger charge is -2.08. The predicted molar refractivity (Wildman–Crippen MR) is 57.4 cm³/mol. The summed E-state index contributed by atoms with van der Waals surface area (Å²) in [6.45, 7) is 0.217. The minimum Gasteiger partial charge on any atom is -0.347 e. The van der Waals surface area contributed by atoms with E-state index in [2.05, 4.69) is 20.0 Å². The van der Waals surface area contributed by atoms with Crippen LogP contribution >= 0.6 is 11.3 Å². The summed E-state index contributed by atoms with van der Waals surface area (Å²) < 4.78 is 4.54. The third-order valence-electron chi connectivity index (χ3n) is 1.96. The summed E-state index contributed by atoms with van der Waals surface area (Å²) in [4.78, 5) is 16.2. The first-order valence-electron chi connectivity index (χ1n) is 4.59. The van der Waals surface area contributed by atoms with E-state index in [0.717, 1.165) is 4.88 Å². The van der Waals surface area contributed by atoms with Crippen LogP contribution in [0.3, 0.4) is 0 Å². The van der Waals surface area contributed by atoms with Crippen molar-refractivity contribution in [3.63, 3.8) is 0 Å². The topological polar surface area (TPSA) is 94.0 Å². The van der Waals surface area contributed by atoms with Crippen molar-refractivity contribution in [3.05, 3.63) is 34.6 Å². The highest BCUT2D eigenvalue weighted by Gasteiger charge is 2.16. The number of nitrogens with zero attached hydrogens (tertiary/aromatic N) is 2. The van der Waals surface area contributed by atoms with Crippen LogP contribution in [-0.4, -0.2) is 16.0 Å². The Balaban J connectivity index is 1.89. The highest BCUT2D eigenvalue weighted by molar-refractivity contribution is 7.10. The van der Waals surface area contributed by atoms with Crippen molar-refractivity contribution >= 4 is 17.2 Å². The van der Waals surface area contributed by atoms with Gasteiger partial charge in [-0.1, -0.05) is 11.2 Å². The molecule has 2 aromatic heterocycles. The number of nitrogens with one attached hydrogen (secondary N) is 1. The van der Waals surface area contributed by atoms with Gasteiger partial charge in [-0.15, -0.1) is 11.3 Å². The van der Waals surface area contributed by atoms with Crippen LogP contribution in [0.2, 0.25) is 0 Å². The number of aromatic nitrogens is 2. The molecule has 16 heavy (non-hydrogen) atoms. The van der Waals surface area contributed by atoms with Crippen LogP contribution in [0.25, 0.3) is 0 Å². The first-order valence-corrected chi connectivity index (χ1v) is 5.47. The molecule has 0 radical (unpaired) electrons. The molecular weight excluding hydrogens is 228 g/mol. The van der Waals surface area contributed by atoms with Gasteiger partial charge in [-0.2, -0.15) is 4.98 Å². The second-order valence-corrected chi connectivity index (χ2v) is 4.04. The third kappa shape index (κ3) is 2.44. The van der Waals surface area contributed by atoms with E-state index in [1.807, 2.05) is 17.5 Å². The van der Waals surface area contributed by atoms with Crippen molar-refractivity contribution in [3.8, 4) is 0 Å². The number of carbonyl (C=O) groups is 1. The van der Waals surface area contributed by atoms with Crippen LogP contribution in [0.5, 0.6) is 0 Å². The van der Waals surface area contributed by atoms with Gasteiger partial charge in [-0.3, -0.25) is 4.79 Å². The van der Waals surface area contributed by atoms with Gasteiger partial charge in [0.1, 0.15) is 6.04 Å². The molecule has 0 saturated carbocycles. The van der Waals surface area contributed by atoms with E-state index in [4.69, 9.17) is 5.73 Å². The van der Waals surface area contributed by atoms with E-state index >= 15 is 0 Å². The van der Waals surface area contributed by atoms with Crippen molar-refractivity contribution < 1.29 is 9.32 Å². The van der Waals surface area contributed by atoms with Crippen molar-refractivity contribution in [2.45, 2.75) is 12.6 Å². The van der Waals surface area contributed by atoms with E-state index in [9.17, 15) is 4.79 Å². The van der Waals surface area contributed by atoms with Gasteiger partial charge in [0.2, 0.25) is 12.3 Å². The Morgan fingerprint density at radius 1 is 1.69 bits per heavy atom. The minimum atomic E-state index is -0.646. The van der Waals surface area contributed by atoms with Crippen molar-refractivity contribution in [2.75, 3.05) is 0 Å². The standard InChI is InChI=1S/C9H10N4O2S/c10-8(6-2-1-3-16-6)9(14)11-4-7-12-5-15-13-7/h1-3,5,8H,4,10H2,(H,11,14). The van der Waals surface area contributed by atoms with Crippen LogP contribution in [0.4, 0.5) is 0 Å². The molecule has 0 saturated heterocycles. The van der Waals surface area contributed by atoms with Gasteiger partial charge < -0.3 is 15.6 Å². The van der Waals surface area contributed by atoms with Crippen LogP contribution in [0.1, 0.15) is 16.7 Å². The lowest BCUT2D eigenvalue weighted by atomic mass is 10.2. The molecule has 0 aliphatic rings. The van der Waals surface area contributed by atoms with Gasteiger partial charge in [0.15, 0.2) is 5.82 Å². The number of rotatable bonds is 4. The average molecular weight is 238 g/mol. The van der Waals surface area contributed by atoms with Crippen LogP contribution in [-0.2, 0) is 11.3 Å².